The van der Waals surface area contributed by atoms with E-state index in [1.807, 2.05) is 11.0 Å². The monoisotopic (exact) mass is 423 g/mol. The van der Waals surface area contributed by atoms with Gasteiger partial charge in [-0.2, -0.15) is 0 Å². The minimum atomic E-state index is -0.269. The molecule has 0 spiro atoms. The molecular weight excluding hydrogens is 397 g/mol. The molecule has 0 saturated carbocycles. The van der Waals surface area contributed by atoms with Crippen LogP contribution in [0.25, 0.3) is 6.08 Å². The number of amides is 2. The van der Waals surface area contributed by atoms with Gasteiger partial charge in [0.1, 0.15) is 17.4 Å². The largest absolute Gasteiger partial charge is 0.494 e. The number of hydrogen-bond donors (Lipinski definition) is 1. The Hall–Kier alpha value is -3.22. The maximum atomic E-state index is 12.9. The molecule has 2 aliphatic heterocycles. The predicted molar refractivity (Wildman–Crippen MR) is 116 cm³/mol. The Morgan fingerprint density at radius 1 is 1.23 bits per heavy atom. The van der Waals surface area contributed by atoms with E-state index in [1.54, 1.807) is 30.5 Å². The zero-order valence-electron chi connectivity index (χ0n) is 17.4. The van der Waals surface area contributed by atoms with Crippen LogP contribution in [0.5, 0.6) is 5.75 Å². The first kappa shape index (κ1) is 21.0. The van der Waals surface area contributed by atoms with Gasteiger partial charge in [0.25, 0.3) is 0 Å². The fourth-order valence-corrected chi connectivity index (χ4v) is 3.96. The zero-order chi connectivity index (χ0) is 21.6. The van der Waals surface area contributed by atoms with Crippen LogP contribution in [-0.4, -0.2) is 41.4 Å². The number of anilines is 1. The SMILES string of the molecule is O=C1CCc2cc(/C=C/C(=O)N3CCC(CCOc4ccc(F)cc4)CC3)cnc2N1. The topological polar surface area (TPSA) is 71.5 Å². The summed E-state index contributed by atoms with van der Waals surface area (Å²) < 4.78 is 18.6. The van der Waals surface area contributed by atoms with Crippen LogP contribution in [0.15, 0.2) is 42.6 Å². The van der Waals surface area contributed by atoms with Gasteiger partial charge in [-0.1, -0.05) is 0 Å². The summed E-state index contributed by atoms with van der Waals surface area (Å²) in [6, 6.07) is 8.03. The van der Waals surface area contributed by atoms with E-state index >= 15 is 0 Å². The van der Waals surface area contributed by atoms with Gasteiger partial charge in [-0.25, -0.2) is 9.37 Å². The number of halogens is 1. The van der Waals surface area contributed by atoms with Crippen LogP contribution < -0.4 is 10.1 Å². The summed E-state index contributed by atoms with van der Waals surface area (Å²) in [5.74, 6) is 1.54. The molecule has 6 nitrogen and oxygen atoms in total. The molecule has 0 bridgehead atoms. The number of nitrogens with one attached hydrogen (secondary N) is 1. The third kappa shape index (κ3) is 5.69. The number of benzene rings is 1. The summed E-state index contributed by atoms with van der Waals surface area (Å²) >= 11 is 0. The van der Waals surface area contributed by atoms with Crippen molar-refractivity contribution in [2.45, 2.75) is 32.1 Å². The third-order valence-corrected chi connectivity index (χ3v) is 5.82. The number of ether oxygens (including phenoxy) is 1. The van der Waals surface area contributed by atoms with E-state index in [0.717, 1.165) is 43.5 Å². The van der Waals surface area contributed by atoms with Gasteiger partial charge in [-0.15, -0.1) is 0 Å². The molecule has 1 aromatic carbocycles. The number of rotatable bonds is 6. The lowest BCUT2D eigenvalue weighted by molar-refractivity contribution is -0.127. The molecule has 4 rings (SSSR count). The number of piperidine rings is 1. The molecule has 0 aliphatic carbocycles. The second kappa shape index (κ2) is 9.73. The molecule has 1 N–H and O–H groups in total. The third-order valence-electron chi connectivity index (χ3n) is 5.82. The highest BCUT2D eigenvalue weighted by atomic mass is 19.1. The quantitative estimate of drug-likeness (QED) is 0.717. The Morgan fingerprint density at radius 2 is 2.00 bits per heavy atom. The molecule has 31 heavy (non-hydrogen) atoms. The van der Waals surface area contributed by atoms with Gasteiger partial charge in [0.15, 0.2) is 0 Å². The van der Waals surface area contributed by atoms with Gasteiger partial charge in [0.05, 0.1) is 6.61 Å². The lowest BCUT2D eigenvalue weighted by Gasteiger charge is -2.31. The summed E-state index contributed by atoms with van der Waals surface area (Å²) in [6.07, 6.45) is 9.01. The summed E-state index contributed by atoms with van der Waals surface area (Å²) in [5, 5.41) is 2.76. The van der Waals surface area contributed by atoms with Crippen LogP contribution in [-0.2, 0) is 16.0 Å². The number of likely N-dealkylation sites (tertiary alicyclic amines) is 1. The number of carbonyl (C=O) groups excluding carboxylic acids is 2. The van der Waals surface area contributed by atoms with Crippen LogP contribution >= 0.6 is 0 Å². The predicted octanol–water partition coefficient (Wildman–Crippen LogP) is 3.83. The molecule has 2 amide bonds. The molecule has 2 aromatic rings. The van der Waals surface area contributed by atoms with Crippen LogP contribution in [0, 0.1) is 11.7 Å². The van der Waals surface area contributed by atoms with Crippen molar-refractivity contribution >= 4 is 23.7 Å². The zero-order valence-corrected chi connectivity index (χ0v) is 17.4. The van der Waals surface area contributed by atoms with Crippen molar-refractivity contribution in [1.82, 2.24) is 9.88 Å². The number of carbonyl (C=O) groups is 2. The van der Waals surface area contributed by atoms with E-state index in [2.05, 4.69) is 10.3 Å². The normalized spacial score (nSPS) is 16.8. The maximum Gasteiger partial charge on any atom is 0.246 e. The first-order valence-corrected chi connectivity index (χ1v) is 10.7. The Labute approximate surface area is 181 Å². The molecular formula is C24H26FN3O3. The van der Waals surface area contributed by atoms with Crippen LogP contribution in [0.4, 0.5) is 10.2 Å². The maximum absolute atomic E-state index is 12.9. The van der Waals surface area contributed by atoms with Gasteiger partial charge in [0, 0.05) is 31.8 Å². The average Bonchev–Trinajstić information content (AvgIpc) is 2.79. The minimum Gasteiger partial charge on any atom is -0.494 e. The van der Waals surface area contributed by atoms with Gasteiger partial charge in [-0.3, -0.25) is 9.59 Å². The number of hydrogen-bond acceptors (Lipinski definition) is 4. The number of aryl methyl sites for hydroxylation is 1. The van der Waals surface area contributed by atoms with Crippen molar-refractivity contribution in [2.24, 2.45) is 5.92 Å². The standard InChI is InChI=1S/C24H26FN3O3/c25-20-3-5-21(6-4-20)31-14-11-17-9-12-28(13-10-17)23(30)8-1-18-15-19-2-7-22(29)27-24(19)26-16-18/h1,3-6,8,15-17H,2,7,9-14H2,(H,26,27,29)/b8-1+. The smallest absolute Gasteiger partial charge is 0.246 e. The van der Waals surface area contributed by atoms with Crippen LogP contribution in [0.1, 0.15) is 36.8 Å². The molecule has 2 aliphatic rings. The van der Waals surface area contributed by atoms with Crippen molar-refractivity contribution in [3.63, 3.8) is 0 Å². The lowest BCUT2D eigenvalue weighted by Crippen LogP contribution is -2.37. The highest BCUT2D eigenvalue weighted by Gasteiger charge is 2.21. The van der Waals surface area contributed by atoms with Crippen molar-refractivity contribution in [3.05, 3.63) is 59.5 Å². The summed E-state index contributed by atoms with van der Waals surface area (Å²) in [7, 11) is 0. The molecule has 1 fully saturated rings. The van der Waals surface area contributed by atoms with E-state index in [1.165, 1.54) is 12.1 Å². The fourth-order valence-electron chi connectivity index (χ4n) is 3.96. The first-order chi connectivity index (χ1) is 15.1. The second-order valence-electron chi connectivity index (χ2n) is 8.02. The average molecular weight is 423 g/mol. The van der Waals surface area contributed by atoms with Gasteiger partial charge in [-0.05, 0) is 79.1 Å². The number of nitrogens with zero attached hydrogens (tertiary/aromatic N) is 2. The van der Waals surface area contributed by atoms with E-state index in [0.29, 0.717) is 36.9 Å². The molecule has 1 aromatic heterocycles. The Kier molecular flexibility index (Phi) is 6.60. The first-order valence-electron chi connectivity index (χ1n) is 10.7. The summed E-state index contributed by atoms with van der Waals surface area (Å²) in [4.78, 5) is 30.1. The Bertz CT molecular complexity index is 967. The minimum absolute atomic E-state index is 0.00651. The van der Waals surface area contributed by atoms with E-state index in [-0.39, 0.29) is 17.6 Å². The van der Waals surface area contributed by atoms with Crippen molar-refractivity contribution in [1.29, 1.82) is 0 Å². The van der Waals surface area contributed by atoms with E-state index in [4.69, 9.17) is 4.74 Å². The summed E-state index contributed by atoms with van der Waals surface area (Å²) in [6.45, 7) is 2.06. The number of fused-ring (bicyclic) bond motifs is 1. The number of aromatic nitrogens is 1. The van der Waals surface area contributed by atoms with E-state index < -0.39 is 0 Å². The molecule has 0 radical (unpaired) electrons. The number of pyridine rings is 1. The van der Waals surface area contributed by atoms with Crippen LogP contribution in [0.3, 0.4) is 0 Å². The van der Waals surface area contributed by atoms with Gasteiger partial charge >= 0.3 is 0 Å². The fraction of sp³-hybridized carbons (Fsp3) is 0.375. The van der Waals surface area contributed by atoms with Crippen molar-refractivity contribution in [3.8, 4) is 5.75 Å². The van der Waals surface area contributed by atoms with E-state index in [9.17, 15) is 14.0 Å². The Morgan fingerprint density at radius 3 is 2.77 bits per heavy atom. The molecule has 0 atom stereocenters. The van der Waals surface area contributed by atoms with Crippen molar-refractivity contribution < 1.29 is 18.7 Å². The molecule has 3 heterocycles. The van der Waals surface area contributed by atoms with Crippen molar-refractivity contribution in [2.75, 3.05) is 25.0 Å². The highest BCUT2D eigenvalue weighted by Crippen LogP contribution is 2.23. The molecule has 7 heteroatoms. The molecule has 1 saturated heterocycles. The lowest BCUT2D eigenvalue weighted by atomic mass is 9.94. The van der Waals surface area contributed by atoms with Crippen LogP contribution in [0.2, 0.25) is 0 Å². The highest BCUT2D eigenvalue weighted by molar-refractivity contribution is 5.93. The van der Waals surface area contributed by atoms with Gasteiger partial charge < -0.3 is 15.0 Å². The molecule has 0 unspecified atom stereocenters. The second-order valence-corrected chi connectivity index (χ2v) is 8.02. The summed E-state index contributed by atoms with van der Waals surface area (Å²) in [5.41, 5.74) is 1.86. The van der Waals surface area contributed by atoms with Gasteiger partial charge in [0.2, 0.25) is 11.8 Å². The molecule has 162 valence electrons. The Balaban J connectivity index is 1.21.